The molecule has 2 saturated heterocycles. The summed E-state index contributed by atoms with van der Waals surface area (Å²) in [5.74, 6) is 3.72. The van der Waals surface area contributed by atoms with Gasteiger partial charge in [-0.25, -0.2) is 0 Å². The summed E-state index contributed by atoms with van der Waals surface area (Å²) < 4.78 is 12.0. The average Bonchev–Trinajstić information content (AvgIpc) is 3.30. The van der Waals surface area contributed by atoms with Crippen LogP contribution in [-0.4, -0.2) is 41.4 Å². The molecule has 0 saturated carbocycles. The second-order valence-corrected chi connectivity index (χ2v) is 8.90. The van der Waals surface area contributed by atoms with E-state index in [2.05, 4.69) is 12.2 Å². The monoisotopic (exact) mass is 404 g/mol. The van der Waals surface area contributed by atoms with Crippen molar-refractivity contribution in [2.45, 2.75) is 57.2 Å². The van der Waals surface area contributed by atoms with Crippen LogP contribution in [0.2, 0.25) is 0 Å². The molecule has 0 spiro atoms. The first-order chi connectivity index (χ1) is 13.7. The van der Waals surface area contributed by atoms with Crippen LogP contribution in [0.5, 0.6) is 5.75 Å². The van der Waals surface area contributed by atoms with Gasteiger partial charge in [-0.05, 0) is 68.2 Å². The highest BCUT2D eigenvalue weighted by molar-refractivity contribution is 7.99. The Bertz CT molecular complexity index is 618. The number of fused-ring (bicyclic) bond motifs is 2. The van der Waals surface area contributed by atoms with Gasteiger partial charge in [0.15, 0.2) is 0 Å². The van der Waals surface area contributed by atoms with E-state index in [9.17, 15) is 4.79 Å². The Morgan fingerprint density at radius 3 is 2.71 bits per heavy atom. The van der Waals surface area contributed by atoms with Crippen molar-refractivity contribution in [1.29, 1.82) is 0 Å². The van der Waals surface area contributed by atoms with Gasteiger partial charge in [0, 0.05) is 12.2 Å². The zero-order valence-electron chi connectivity index (χ0n) is 16.5. The summed E-state index contributed by atoms with van der Waals surface area (Å²) in [5.41, 5.74) is 0. The molecule has 2 fully saturated rings. The quantitative estimate of drug-likeness (QED) is 0.362. The van der Waals surface area contributed by atoms with Crippen LogP contribution in [0.3, 0.4) is 0 Å². The van der Waals surface area contributed by atoms with Crippen molar-refractivity contribution in [1.82, 2.24) is 0 Å². The van der Waals surface area contributed by atoms with Crippen LogP contribution in [0.1, 0.15) is 44.9 Å². The fourth-order valence-electron chi connectivity index (χ4n) is 4.40. The second kappa shape index (κ2) is 11.5. The molecule has 1 N–H and O–H groups in total. The number of hydrogen-bond donors (Lipinski definition) is 1. The molecule has 4 atom stereocenters. The number of thioether (sulfide) groups is 1. The number of para-hydroxylation sites is 1. The third kappa shape index (κ3) is 6.56. The SMILES string of the molecule is O=C(O)CCCC=CC[C@@H]1[C@H](CCSCCOc2ccccc2)[C@@H]2CC[C@H]1O2. The predicted octanol–water partition coefficient (Wildman–Crippen LogP) is 5.18. The maximum absolute atomic E-state index is 10.6. The van der Waals surface area contributed by atoms with Crippen molar-refractivity contribution in [3.8, 4) is 5.75 Å². The lowest BCUT2D eigenvalue weighted by molar-refractivity contribution is -0.137. The summed E-state index contributed by atoms with van der Waals surface area (Å²) in [6, 6.07) is 9.99. The molecule has 1 aromatic rings. The van der Waals surface area contributed by atoms with Crippen LogP contribution >= 0.6 is 11.8 Å². The second-order valence-electron chi connectivity index (χ2n) is 7.67. The molecule has 154 valence electrons. The van der Waals surface area contributed by atoms with Gasteiger partial charge in [0.05, 0.1) is 18.8 Å². The number of unbranched alkanes of at least 4 members (excludes halogenated alkanes) is 1. The highest BCUT2D eigenvalue weighted by Crippen LogP contribution is 2.47. The molecule has 0 amide bonds. The van der Waals surface area contributed by atoms with Gasteiger partial charge in [-0.3, -0.25) is 4.79 Å². The van der Waals surface area contributed by atoms with Gasteiger partial charge in [-0.15, -0.1) is 0 Å². The lowest BCUT2D eigenvalue weighted by atomic mass is 9.76. The number of benzene rings is 1. The first-order valence-corrected chi connectivity index (χ1v) is 11.7. The van der Waals surface area contributed by atoms with E-state index < -0.39 is 5.97 Å². The van der Waals surface area contributed by atoms with Gasteiger partial charge < -0.3 is 14.6 Å². The van der Waals surface area contributed by atoms with Crippen molar-refractivity contribution >= 4 is 17.7 Å². The van der Waals surface area contributed by atoms with E-state index in [0.717, 1.165) is 43.1 Å². The molecule has 0 aromatic heterocycles. The third-order valence-electron chi connectivity index (χ3n) is 5.76. The minimum Gasteiger partial charge on any atom is -0.493 e. The third-order valence-corrected chi connectivity index (χ3v) is 6.74. The van der Waals surface area contributed by atoms with Gasteiger partial charge in [0.25, 0.3) is 0 Å². The molecule has 5 heteroatoms. The molecule has 2 aliphatic rings. The fraction of sp³-hybridized carbons (Fsp3) is 0.609. The lowest BCUT2D eigenvalue weighted by Crippen LogP contribution is -2.27. The molecule has 28 heavy (non-hydrogen) atoms. The van der Waals surface area contributed by atoms with Crippen molar-refractivity contribution in [2.75, 3.05) is 18.1 Å². The van der Waals surface area contributed by atoms with Crippen LogP contribution in [0.15, 0.2) is 42.5 Å². The molecule has 0 unspecified atom stereocenters. The number of aliphatic carboxylic acids is 1. The predicted molar refractivity (Wildman–Crippen MR) is 114 cm³/mol. The topological polar surface area (TPSA) is 55.8 Å². The normalized spacial score (nSPS) is 26.1. The van der Waals surface area contributed by atoms with E-state index in [0.29, 0.717) is 24.0 Å². The molecule has 4 nitrogen and oxygen atoms in total. The Labute approximate surface area is 172 Å². The van der Waals surface area contributed by atoms with E-state index in [-0.39, 0.29) is 6.42 Å². The Morgan fingerprint density at radius 2 is 1.93 bits per heavy atom. The van der Waals surface area contributed by atoms with E-state index >= 15 is 0 Å². The van der Waals surface area contributed by atoms with E-state index in [1.54, 1.807) is 0 Å². The Morgan fingerprint density at radius 1 is 1.14 bits per heavy atom. The first kappa shape index (κ1) is 21.3. The number of ether oxygens (including phenoxy) is 2. The minimum atomic E-state index is -0.707. The van der Waals surface area contributed by atoms with Gasteiger partial charge >= 0.3 is 5.97 Å². The highest BCUT2D eigenvalue weighted by Gasteiger charge is 2.47. The van der Waals surface area contributed by atoms with Crippen LogP contribution in [0, 0.1) is 11.8 Å². The highest BCUT2D eigenvalue weighted by atomic mass is 32.2. The van der Waals surface area contributed by atoms with Crippen LogP contribution in [-0.2, 0) is 9.53 Å². The molecule has 2 aliphatic heterocycles. The molecule has 0 radical (unpaired) electrons. The van der Waals surface area contributed by atoms with Gasteiger partial charge in [-0.2, -0.15) is 11.8 Å². The molecular weight excluding hydrogens is 372 g/mol. The lowest BCUT2D eigenvalue weighted by Gasteiger charge is -2.27. The fourth-order valence-corrected chi connectivity index (χ4v) is 5.24. The molecule has 0 aliphatic carbocycles. The van der Waals surface area contributed by atoms with Crippen LogP contribution in [0.4, 0.5) is 0 Å². The Hall–Kier alpha value is -1.46. The van der Waals surface area contributed by atoms with E-state index in [1.807, 2.05) is 42.1 Å². The van der Waals surface area contributed by atoms with Crippen molar-refractivity contribution in [3.05, 3.63) is 42.5 Å². The summed E-state index contributed by atoms with van der Waals surface area (Å²) in [6.45, 7) is 0.754. The van der Waals surface area contributed by atoms with Crippen molar-refractivity contribution in [3.63, 3.8) is 0 Å². The molecule has 2 bridgehead atoms. The number of rotatable bonds is 13. The summed E-state index contributed by atoms with van der Waals surface area (Å²) >= 11 is 1.97. The summed E-state index contributed by atoms with van der Waals surface area (Å²) in [6.07, 6.45) is 11.9. The van der Waals surface area contributed by atoms with E-state index in [4.69, 9.17) is 14.6 Å². The summed E-state index contributed by atoms with van der Waals surface area (Å²) in [5, 5.41) is 8.69. The van der Waals surface area contributed by atoms with Gasteiger partial charge in [-0.1, -0.05) is 30.4 Å². The summed E-state index contributed by atoms with van der Waals surface area (Å²) in [4.78, 5) is 10.6. The average molecular weight is 405 g/mol. The molecule has 1 aromatic carbocycles. The Balaban J connectivity index is 1.31. The number of hydrogen-bond acceptors (Lipinski definition) is 4. The Kier molecular flexibility index (Phi) is 8.74. The minimum absolute atomic E-state index is 0.259. The maximum atomic E-state index is 10.6. The zero-order valence-corrected chi connectivity index (χ0v) is 17.3. The van der Waals surface area contributed by atoms with Crippen LogP contribution in [0.25, 0.3) is 0 Å². The zero-order chi connectivity index (χ0) is 19.6. The molecule has 2 heterocycles. The largest absolute Gasteiger partial charge is 0.493 e. The number of carboxylic acid groups (broad SMARTS) is 1. The number of carboxylic acids is 1. The van der Waals surface area contributed by atoms with Crippen molar-refractivity contribution in [2.24, 2.45) is 11.8 Å². The van der Waals surface area contributed by atoms with Gasteiger partial charge in [0.1, 0.15) is 5.75 Å². The smallest absolute Gasteiger partial charge is 0.303 e. The van der Waals surface area contributed by atoms with E-state index in [1.165, 1.54) is 19.3 Å². The number of carbonyl (C=O) groups is 1. The molecule has 3 rings (SSSR count). The van der Waals surface area contributed by atoms with Crippen molar-refractivity contribution < 1.29 is 19.4 Å². The standard InChI is InChI=1S/C23H32O4S/c24-23(25)11-7-2-1-6-10-19-20(22-13-12-21(19)27-22)14-16-28-17-15-26-18-8-4-3-5-9-18/h1,3-6,8-9,19-22H,2,7,10-17H2,(H,24,25)/t19-,20+,21-,22+/m1/s1. The van der Waals surface area contributed by atoms with Gasteiger partial charge in [0.2, 0.25) is 0 Å². The maximum Gasteiger partial charge on any atom is 0.303 e. The van der Waals surface area contributed by atoms with Crippen LogP contribution < -0.4 is 4.74 Å². The first-order valence-electron chi connectivity index (χ1n) is 10.5. The summed E-state index contributed by atoms with van der Waals surface area (Å²) in [7, 11) is 0. The molecular formula is C23H32O4S. The number of allylic oxidation sites excluding steroid dienone is 2.